The van der Waals surface area contributed by atoms with E-state index in [0.29, 0.717) is 12.2 Å². The van der Waals surface area contributed by atoms with Crippen molar-refractivity contribution < 1.29 is 9.21 Å². The van der Waals surface area contributed by atoms with Crippen LogP contribution in [0.25, 0.3) is 11.3 Å². The Morgan fingerprint density at radius 2 is 2.10 bits per heavy atom. The summed E-state index contributed by atoms with van der Waals surface area (Å²) in [4.78, 5) is 12.0. The Morgan fingerprint density at radius 3 is 2.85 bits per heavy atom. The first-order chi connectivity index (χ1) is 9.83. The Balaban J connectivity index is 1.69. The van der Waals surface area contributed by atoms with E-state index >= 15 is 0 Å². The molecule has 0 aliphatic rings. The molecule has 1 amide bonds. The van der Waals surface area contributed by atoms with Crippen LogP contribution in [0.4, 0.5) is 0 Å². The highest BCUT2D eigenvalue weighted by atomic mass is 16.3. The number of aromatic nitrogens is 2. The molecule has 5 heteroatoms. The third-order valence-electron chi connectivity index (χ3n) is 2.93. The summed E-state index contributed by atoms with van der Waals surface area (Å²) >= 11 is 0. The SMILES string of the molecule is O=C(NCc1ccoc1)c1cc(-c2ccccc2)n[nH]1. The Kier molecular flexibility index (Phi) is 3.33. The molecule has 100 valence electrons. The number of hydrogen-bond acceptors (Lipinski definition) is 3. The van der Waals surface area contributed by atoms with E-state index in [1.165, 1.54) is 0 Å². The highest BCUT2D eigenvalue weighted by Crippen LogP contribution is 2.16. The van der Waals surface area contributed by atoms with Gasteiger partial charge in [-0.15, -0.1) is 0 Å². The maximum atomic E-state index is 12.0. The van der Waals surface area contributed by atoms with Gasteiger partial charge in [0.05, 0.1) is 18.2 Å². The lowest BCUT2D eigenvalue weighted by molar-refractivity contribution is 0.0946. The highest BCUT2D eigenvalue weighted by molar-refractivity contribution is 5.93. The van der Waals surface area contributed by atoms with Crippen molar-refractivity contribution in [1.29, 1.82) is 0 Å². The minimum Gasteiger partial charge on any atom is -0.472 e. The van der Waals surface area contributed by atoms with E-state index in [1.807, 2.05) is 36.4 Å². The topological polar surface area (TPSA) is 70.9 Å². The van der Waals surface area contributed by atoms with Crippen molar-refractivity contribution in [2.45, 2.75) is 6.54 Å². The maximum Gasteiger partial charge on any atom is 0.269 e. The molecule has 0 spiro atoms. The van der Waals surface area contributed by atoms with Crippen molar-refractivity contribution in [3.05, 3.63) is 66.2 Å². The number of aromatic amines is 1. The molecule has 0 bridgehead atoms. The zero-order valence-electron chi connectivity index (χ0n) is 10.7. The molecule has 0 unspecified atom stereocenters. The van der Waals surface area contributed by atoms with Crippen molar-refractivity contribution in [3.8, 4) is 11.3 Å². The van der Waals surface area contributed by atoms with Gasteiger partial charge in [0.1, 0.15) is 5.69 Å². The van der Waals surface area contributed by atoms with Crippen molar-refractivity contribution in [1.82, 2.24) is 15.5 Å². The van der Waals surface area contributed by atoms with Crippen LogP contribution in [0, 0.1) is 0 Å². The van der Waals surface area contributed by atoms with Gasteiger partial charge in [-0.25, -0.2) is 0 Å². The summed E-state index contributed by atoms with van der Waals surface area (Å²) in [5.41, 5.74) is 3.07. The predicted molar refractivity (Wildman–Crippen MR) is 73.9 cm³/mol. The number of carbonyl (C=O) groups is 1. The lowest BCUT2D eigenvalue weighted by Crippen LogP contribution is -2.22. The second kappa shape index (κ2) is 5.44. The molecule has 0 atom stereocenters. The molecule has 2 heterocycles. The van der Waals surface area contributed by atoms with Crippen LogP contribution in [0.2, 0.25) is 0 Å². The monoisotopic (exact) mass is 267 g/mol. The number of amides is 1. The Hall–Kier alpha value is -2.82. The molecule has 0 aliphatic heterocycles. The number of benzene rings is 1. The molecule has 0 radical (unpaired) electrons. The zero-order chi connectivity index (χ0) is 13.8. The minimum absolute atomic E-state index is 0.194. The van der Waals surface area contributed by atoms with Crippen LogP contribution >= 0.6 is 0 Å². The molecule has 20 heavy (non-hydrogen) atoms. The first kappa shape index (κ1) is 12.2. The number of H-pyrrole nitrogens is 1. The van der Waals surface area contributed by atoms with Gasteiger partial charge in [-0.3, -0.25) is 9.89 Å². The molecule has 3 rings (SSSR count). The van der Waals surface area contributed by atoms with Gasteiger partial charge in [-0.2, -0.15) is 5.10 Å². The van der Waals surface area contributed by atoms with Crippen molar-refractivity contribution in [3.63, 3.8) is 0 Å². The van der Waals surface area contributed by atoms with Crippen molar-refractivity contribution in [2.75, 3.05) is 0 Å². The molecule has 0 saturated carbocycles. The molecule has 2 aromatic heterocycles. The number of hydrogen-bond donors (Lipinski definition) is 2. The van der Waals surface area contributed by atoms with Crippen molar-refractivity contribution >= 4 is 5.91 Å². The molecule has 1 aromatic carbocycles. The second-order valence-corrected chi connectivity index (χ2v) is 4.35. The van der Waals surface area contributed by atoms with Gasteiger partial charge < -0.3 is 9.73 Å². The van der Waals surface area contributed by atoms with Gasteiger partial charge in [0.2, 0.25) is 0 Å². The largest absolute Gasteiger partial charge is 0.472 e. The van der Waals surface area contributed by atoms with Gasteiger partial charge in [0.15, 0.2) is 0 Å². The van der Waals surface area contributed by atoms with Gasteiger partial charge >= 0.3 is 0 Å². The molecule has 2 N–H and O–H groups in total. The molecule has 0 saturated heterocycles. The van der Waals surface area contributed by atoms with E-state index in [1.54, 1.807) is 18.6 Å². The molecular weight excluding hydrogens is 254 g/mol. The molecular formula is C15H13N3O2. The van der Waals surface area contributed by atoms with E-state index in [0.717, 1.165) is 16.8 Å². The Labute approximate surface area is 115 Å². The highest BCUT2D eigenvalue weighted by Gasteiger charge is 2.10. The summed E-state index contributed by atoms with van der Waals surface area (Å²) in [5, 5.41) is 9.69. The number of rotatable bonds is 4. The van der Waals surface area contributed by atoms with Gasteiger partial charge in [0, 0.05) is 17.7 Å². The smallest absolute Gasteiger partial charge is 0.269 e. The number of nitrogens with one attached hydrogen (secondary N) is 2. The fourth-order valence-corrected chi connectivity index (χ4v) is 1.87. The summed E-state index contributed by atoms with van der Waals surface area (Å²) in [6.07, 6.45) is 3.17. The summed E-state index contributed by atoms with van der Waals surface area (Å²) in [7, 11) is 0. The van der Waals surface area contributed by atoms with Crippen molar-refractivity contribution in [2.24, 2.45) is 0 Å². The van der Waals surface area contributed by atoms with E-state index in [4.69, 9.17) is 4.42 Å². The van der Waals surface area contributed by atoms with Crippen LogP contribution in [0.15, 0.2) is 59.4 Å². The zero-order valence-corrected chi connectivity index (χ0v) is 10.7. The molecule has 0 aliphatic carbocycles. The lowest BCUT2D eigenvalue weighted by atomic mass is 10.1. The molecule has 5 nitrogen and oxygen atoms in total. The maximum absolute atomic E-state index is 12.0. The van der Waals surface area contributed by atoms with Crippen LogP contribution in [0.1, 0.15) is 16.1 Å². The predicted octanol–water partition coefficient (Wildman–Crippen LogP) is 2.60. The second-order valence-electron chi connectivity index (χ2n) is 4.35. The van der Waals surface area contributed by atoms with E-state index < -0.39 is 0 Å². The fourth-order valence-electron chi connectivity index (χ4n) is 1.87. The van der Waals surface area contributed by atoms with Gasteiger partial charge in [-0.1, -0.05) is 30.3 Å². The summed E-state index contributed by atoms with van der Waals surface area (Å²) in [5.74, 6) is -0.194. The normalized spacial score (nSPS) is 10.4. The van der Waals surface area contributed by atoms with Crippen LogP contribution in [-0.4, -0.2) is 16.1 Å². The minimum atomic E-state index is -0.194. The van der Waals surface area contributed by atoms with Crippen LogP contribution in [-0.2, 0) is 6.54 Å². The average molecular weight is 267 g/mol. The lowest BCUT2D eigenvalue weighted by Gasteiger charge is -2.00. The van der Waals surface area contributed by atoms with Crippen LogP contribution in [0.3, 0.4) is 0 Å². The Bertz CT molecular complexity index is 687. The first-order valence-corrected chi connectivity index (χ1v) is 6.23. The van der Waals surface area contributed by atoms with E-state index in [9.17, 15) is 4.79 Å². The Morgan fingerprint density at radius 1 is 1.25 bits per heavy atom. The molecule has 3 aromatic rings. The van der Waals surface area contributed by atoms with Gasteiger partial charge in [0.25, 0.3) is 5.91 Å². The number of carbonyl (C=O) groups excluding carboxylic acids is 1. The average Bonchev–Trinajstić information content (AvgIpc) is 3.17. The van der Waals surface area contributed by atoms with E-state index in [2.05, 4.69) is 15.5 Å². The number of nitrogens with zero attached hydrogens (tertiary/aromatic N) is 1. The standard InChI is InChI=1S/C15H13N3O2/c19-15(16-9-11-6-7-20-10-11)14-8-13(17-18-14)12-4-2-1-3-5-12/h1-8,10H,9H2,(H,16,19)(H,17,18). The third kappa shape index (κ3) is 2.61. The fraction of sp³-hybridized carbons (Fsp3) is 0.0667. The van der Waals surface area contributed by atoms with E-state index in [-0.39, 0.29) is 5.91 Å². The van der Waals surface area contributed by atoms with Crippen LogP contribution < -0.4 is 5.32 Å². The van der Waals surface area contributed by atoms with Gasteiger partial charge in [-0.05, 0) is 12.1 Å². The third-order valence-corrected chi connectivity index (χ3v) is 2.93. The summed E-state index contributed by atoms with van der Waals surface area (Å²) in [6.45, 7) is 0.426. The number of furan rings is 1. The van der Waals surface area contributed by atoms with Crippen LogP contribution in [0.5, 0.6) is 0 Å². The quantitative estimate of drug-likeness (QED) is 0.763. The molecule has 0 fully saturated rings. The first-order valence-electron chi connectivity index (χ1n) is 6.23. The summed E-state index contributed by atoms with van der Waals surface area (Å²) in [6, 6.07) is 13.2. The summed E-state index contributed by atoms with van der Waals surface area (Å²) < 4.78 is 4.94.